The van der Waals surface area contributed by atoms with Crippen LogP contribution in [0.3, 0.4) is 0 Å². The highest BCUT2D eigenvalue weighted by Crippen LogP contribution is 2.25. The molecule has 0 radical (unpaired) electrons. The highest BCUT2D eigenvalue weighted by atomic mass is 79.9. The highest BCUT2D eigenvalue weighted by Gasteiger charge is 2.10. The van der Waals surface area contributed by atoms with Crippen molar-refractivity contribution in [3.63, 3.8) is 0 Å². The summed E-state index contributed by atoms with van der Waals surface area (Å²) < 4.78 is 0.865. The fourth-order valence-corrected chi connectivity index (χ4v) is 1.82. The monoisotopic (exact) mass is 232 g/mol. The van der Waals surface area contributed by atoms with Crippen LogP contribution >= 0.6 is 27.3 Å². The molecule has 0 fully saturated rings. The van der Waals surface area contributed by atoms with Crippen LogP contribution in [0.1, 0.15) is 17.5 Å². The number of nitrogens with zero attached hydrogens (tertiary/aromatic N) is 2. The lowest BCUT2D eigenvalue weighted by Gasteiger charge is -1.98. The second-order valence-corrected chi connectivity index (χ2v) is 4.32. The molecule has 3 nitrogen and oxygen atoms in total. The Bertz CT molecular complexity index is 280. The Hall–Kier alpha value is -0.440. The first-order chi connectivity index (χ1) is 5.24. The van der Waals surface area contributed by atoms with Gasteiger partial charge in [-0.1, -0.05) is 0 Å². The third kappa shape index (κ3) is 2.26. The summed E-state index contributed by atoms with van der Waals surface area (Å²) in [5.41, 5.74) is 0. The van der Waals surface area contributed by atoms with Gasteiger partial charge in [-0.25, -0.2) is 4.98 Å². The molecule has 1 rings (SSSR count). The van der Waals surface area contributed by atoms with Crippen molar-refractivity contribution in [2.45, 2.75) is 12.5 Å². The van der Waals surface area contributed by atoms with Gasteiger partial charge in [-0.15, -0.1) is 11.3 Å². The van der Waals surface area contributed by atoms with Crippen molar-refractivity contribution in [1.82, 2.24) is 4.98 Å². The van der Waals surface area contributed by atoms with Crippen molar-refractivity contribution < 1.29 is 5.11 Å². The molecule has 5 heteroatoms. The Labute approximate surface area is 76.4 Å². The summed E-state index contributed by atoms with van der Waals surface area (Å²) in [7, 11) is 0. The second kappa shape index (κ2) is 3.81. The van der Waals surface area contributed by atoms with Crippen LogP contribution in [0, 0.1) is 11.3 Å². The summed E-state index contributed by atoms with van der Waals surface area (Å²) in [5.74, 6) is 0. The lowest BCUT2D eigenvalue weighted by molar-refractivity contribution is 0.183. The summed E-state index contributed by atoms with van der Waals surface area (Å²) >= 11 is 4.55. The molecule has 1 aromatic rings. The third-order valence-electron chi connectivity index (χ3n) is 1.07. The van der Waals surface area contributed by atoms with Crippen molar-refractivity contribution in [1.29, 1.82) is 5.26 Å². The van der Waals surface area contributed by atoms with Gasteiger partial charge in [0.25, 0.3) is 0 Å². The minimum Gasteiger partial charge on any atom is -0.385 e. The van der Waals surface area contributed by atoms with E-state index >= 15 is 0 Å². The lowest BCUT2D eigenvalue weighted by atomic mass is 10.3. The van der Waals surface area contributed by atoms with Gasteiger partial charge in [0.1, 0.15) is 11.1 Å². The van der Waals surface area contributed by atoms with Crippen molar-refractivity contribution in [2.75, 3.05) is 0 Å². The molecule has 0 saturated carbocycles. The van der Waals surface area contributed by atoms with E-state index in [1.54, 1.807) is 6.20 Å². The van der Waals surface area contributed by atoms with Gasteiger partial charge in [0.2, 0.25) is 0 Å². The molecule has 1 N–H and O–H groups in total. The molecule has 1 heterocycles. The summed E-state index contributed by atoms with van der Waals surface area (Å²) in [6.45, 7) is 0. The number of nitriles is 1. The third-order valence-corrected chi connectivity index (χ3v) is 2.64. The van der Waals surface area contributed by atoms with Crippen LogP contribution < -0.4 is 0 Å². The maximum atomic E-state index is 9.24. The molecule has 0 aliphatic carbocycles. The Morgan fingerprint density at radius 2 is 2.64 bits per heavy atom. The van der Waals surface area contributed by atoms with Gasteiger partial charge in [0.15, 0.2) is 0 Å². The number of halogens is 1. The number of aliphatic hydroxyl groups excluding tert-OH is 1. The van der Waals surface area contributed by atoms with Crippen molar-refractivity contribution >= 4 is 27.3 Å². The molecule has 0 bridgehead atoms. The molecule has 1 aromatic heterocycles. The van der Waals surface area contributed by atoms with Gasteiger partial charge in [-0.3, -0.25) is 0 Å². The van der Waals surface area contributed by atoms with E-state index in [1.165, 1.54) is 11.3 Å². The Kier molecular flexibility index (Phi) is 3.00. The number of aliphatic hydroxyl groups is 1. The zero-order chi connectivity index (χ0) is 8.27. The first kappa shape index (κ1) is 8.65. The Morgan fingerprint density at radius 1 is 1.91 bits per heavy atom. The van der Waals surface area contributed by atoms with E-state index in [1.807, 2.05) is 6.07 Å². The molecule has 0 aliphatic rings. The topological polar surface area (TPSA) is 56.9 Å². The zero-order valence-electron chi connectivity index (χ0n) is 5.49. The standard InChI is InChI=1S/C6H5BrN2OS/c7-5-3-9-6(11-5)4(10)1-2-8/h3-4,10H,1H2. The molecule has 0 aromatic carbocycles. The molecule has 1 atom stereocenters. The molecule has 1 unspecified atom stereocenters. The Morgan fingerprint density at radius 3 is 3.09 bits per heavy atom. The Balaban J connectivity index is 2.70. The summed E-state index contributed by atoms with van der Waals surface area (Å²) in [5, 5.41) is 18.1. The molecule has 58 valence electrons. The second-order valence-electron chi connectivity index (χ2n) is 1.88. The lowest BCUT2D eigenvalue weighted by Crippen LogP contribution is -1.93. The van der Waals surface area contributed by atoms with Gasteiger partial charge < -0.3 is 5.11 Å². The van der Waals surface area contributed by atoms with Crippen LogP contribution in [0.4, 0.5) is 0 Å². The van der Waals surface area contributed by atoms with Crippen LogP contribution in [0.15, 0.2) is 9.98 Å². The molecule has 0 aliphatic heterocycles. The normalized spacial score (nSPS) is 12.5. The van der Waals surface area contributed by atoms with Gasteiger partial charge in [0, 0.05) is 0 Å². The maximum Gasteiger partial charge on any atom is 0.123 e. The zero-order valence-corrected chi connectivity index (χ0v) is 7.89. The molecule has 11 heavy (non-hydrogen) atoms. The van der Waals surface area contributed by atoms with Crippen LogP contribution in [0.2, 0.25) is 0 Å². The predicted octanol–water partition coefficient (Wildman–Crippen LogP) is 1.85. The van der Waals surface area contributed by atoms with E-state index < -0.39 is 6.10 Å². The van der Waals surface area contributed by atoms with Crippen LogP contribution in [-0.2, 0) is 0 Å². The van der Waals surface area contributed by atoms with Crippen LogP contribution in [-0.4, -0.2) is 10.1 Å². The van der Waals surface area contributed by atoms with Crippen molar-refractivity contribution in [3.05, 3.63) is 15.0 Å². The minimum absolute atomic E-state index is 0.0972. The fourth-order valence-electron chi connectivity index (χ4n) is 0.595. The first-order valence-electron chi connectivity index (χ1n) is 2.90. The predicted molar refractivity (Wildman–Crippen MR) is 45.0 cm³/mol. The van der Waals surface area contributed by atoms with Gasteiger partial charge in [0.05, 0.1) is 22.5 Å². The van der Waals surface area contributed by atoms with Gasteiger partial charge in [-0.2, -0.15) is 5.26 Å². The average molecular weight is 233 g/mol. The van der Waals surface area contributed by atoms with E-state index in [9.17, 15) is 5.11 Å². The van der Waals surface area contributed by atoms with E-state index in [0.29, 0.717) is 5.01 Å². The minimum atomic E-state index is -0.740. The molecular weight excluding hydrogens is 228 g/mol. The quantitative estimate of drug-likeness (QED) is 0.847. The highest BCUT2D eigenvalue weighted by molar-refractivity contribution is 9.11. The summed E-state index contributed by atoms with van der Waals surface area (Å²) in [4.78, 5) is 3.90. The maximum absolute atomic E-state index is 9.24. The van der Waals surface area contributed by atoms with Gasteiger partial charge >= 0.3 is 0 Å². The average Bonchev–Trinajstić information content (AvgIpc) is 2.36. The fraction of sp³-hybridized carbons (Fsp3) is 0.333. The molecular formula is C6H5BrN2OS. The van der Waals surface area contributed by atoms with Crippen LogP contribution in [0.5, 0.6) is 0 Å². The van der Waals surface area contributed by atoms with Gasteiger partial charge in [-0.05, 0) is 15.9 Å². The summed E-state index contributed by atoms with van der Waals surface area (Å²) in [6, 6.07) is 1.88. The smallest absolute Gasteiger partial charge is 0.123 e. The van der Waals surface area contributed by atoms with E-state index in [2.05, 4.69) is 20.9 Å². The number of rotatable bonds is 2. The first-order valence-corrected chi connectivity index (χ1v) is 4.51. The van der Waals surface area contributed by atoms with E-state index in [-0.39, 0.29) is 6.42 Å². The SMILES string of the molecule is N#CCC(O)c1ncc(Br)s1. The largest absolute Gasteiger partial charge is 0.385 e. The van der Waals surface area contributed by atoms with Crippen molar-refractivity contribution in [2.24, 2.45) is 0 Å². The van der Waals surface area contributed by atoms with Crippen molar-refractivity contribution in [3.8, 4) is 6.07 Å². The number of hydrogen-bond donors (Lipinski definition) is 1. The van der Waals surface area contributed by atoms with E-state index in [0.717, 1.165) is 3.79 Å². The number of thiazole rings is 1. The molecule has 0 spiro atoms. The summed E-state index contributed by atoms with van der Waals surface area (Å²) in [6.07, 6.45) is 0.969. The number of aromatic nitrogens is 1. The number of hydrogen-bond acceptors (Lipinski definition) is 4. The molecule has 0 amide bonds. The van der Waals surface area contributed by atoms with Crippen LogP contribution in [0.25, 0.3) is 0 Å². The van der Waals surface area contributed by atoms with E-state index in [4.69, 9.17) is 5.26 Å². The molecule has 0 saturated heterocycles.